The summed E-state index contributed by atoms with van der Waals surface area (Å²) in [7, 11) is -3.87. The van der Waals surface area contributed by atoms with Gasteiger partial charge in [-0.1, -0.05) is 0 Å². The fourth-order valence-corrected chi connectivity index (χ4v) is 3.64. The molecule has 1 amide bonds. The van der Waals surface area contributed by atoms with Crippen LogP contribution in [0.2, 0.25) is 0 Å². The first kappa shape index (κ1) is 18.5. The maximum absolute atomic E-state index is 12.3. The molecule has 1 heterocycles. The average Bonchev–Trinajstić information content (AvgIpc) is 3.13. The third kappa shape index (κ3) is 4.29. The van der Waals surface area contributed by atoms with Gasteiger partial charge in [0, 0.05) is 29.2 Å². The molecule has 140 valence electrons. The SMILES string of the molecule is O=C(O)C1=C(C(=O)Nc2ccc(S(=O)(=O)Nc3ncccn3)cc2)CCC1. The lowest BCUT2D eigenvalue weighted by Gasteiger charge is -2.09. The lowest BCUT2D eigenvalue weighted by atomic mass is 10.1. The summed E-state index contributed by atoms with van der Waals surface area (Å²) >= 11 is 0. The smallest absolute Gasteiger partial charge is 0.332 e. The van der Waals surface area contributed by atoms with Crippen molar-refractivity contribution in [3.63, 3.8) is 0 Å². The number of amides is 1. The molecule has 1 aromatic heterocycles. The Kier molecular flexibility index (Phi) is 5.17. The molecule has 0 saturated heterocycles. The van der Waals surface area contributed by atoms with Gasteiger partial charge in [-0.2, -0.15) is 0 Å². The molecule has 0 atom stereocenters. The van der Waals surface area contributed by atoms with E-state index in [0.29, 0.717) is 24.9 Å². The molecule has 0 fully saturated rings. The van der Waals surface area contributed by atoms with E-state index in [0.717, 1.165) is 0 Å². The van der Waals surface area contributed by atoms with Gasteiger partial charge in [0.05, 0.1) is 4.90 Å². The van der Waals surface area contributed by atoms with E-state index in [1.54, 1.807) is 6.07 Å². The molecule has 27 heavy (non-hydrogen) atoms. The van der Waals surface area contributed by atoms with Crippen LogP contribution in [-0.2, 0) is 19.6 Å². The van der Waals surface area contributed by atoms with Crippen LogP contribution in [0.15, 0.2) is 58.8 Å². The van der Waals surface area contributed by atoms with Crippen LogP contribution in [0.5, 0.6) is 0 Å². The Balaban J connectivity index is 1.73. The summed E-state index contributed by atoms with van der Waals surface area (Å²) in [6.45, 7) is 0. The highest BCUT2D eigenvalue weighted by Gasteiger charge is 2.25. The quantitative estimate of drug-likeness (QED) is 0.685. The Bertz CT molecular complexity index is 1000. The van der Waals surface area contributed by atoms with Crippen molar-refractivity contribution in [2.75, 3.05) is 10.0 Å². The van der Waals surface area contributed by atoms with Crippen LogP contribution in [0.3, 0.4) is 0 Å². The van der Waals surface area contributed by atoms with E-state index in [2.05, 4.69) is 20.0 Å². The molecule has 1 aliphatic carbocycles. The largest absolute Gasteiger partial charge is 0.478 e. The molecule has 0 spiro atoms. The number of aromatic nitrogens is 2. The first-order valence-electron chi connectivity index (χ1n) is 8.03. The Morgan fingerprint density at radius 1 is 1.00 bits per heavy atom. The van der Waals surface area contributed by atoms with Crippen LogP contribution in [0, 0.1) is 0 Å². The normalized spacial score (nSPS) is 14.1. The van der Waals surface area contributed by atoms with Crippen LogP contribution >= 0.6 is 0 Å². The molecular formula is C17H16N4O5S. The number of hydrogen-bond donors (Lipinski definition) is 3. The van der Waals surface area contributed by atoms with Crippen molar-refractivity contribution in [2.24, 2.45) is 0 Å². The Morgan fingerprint density at radius 3 is 2.26 bits per heavy atom. The molecular weight excluding hydrogens is 372 g/mol. The molecule has 3 rings (SSSR count). The lowest BCUT2D eigenvalue weighted by Crippen LogP contribution is -2.17. The molecule has 0 unspecified atom stereocenters. The fraction of sp³-hybridized carbons (Fsp3) is 0.176. The third-order valence-corrected chi connectivity index (χ3v) is 5.31. The van der Waals surface area contributed by atoms with Crippen LogP contribution in [0.4, 0.5) is 11.6 Å². The molecule has 0 saturated carbocycles. The van der Waals surface area contributed by atoms with Crippen molar-refractivity contribution in [3.8, 4) is 0 Å². The number of hydrogen-bond acceptors (Lipinski definition) is 6. The van der Waals surface area contributed by atoms with Gasteiger partial charge in [0.25, 0.3) is 15.9 Å². The Morgan fingerprint density at radius 2 is 1.63 bits per heavy atom. The zero-order valence-electron chi connectivity index (χ0n) is 14.0. The minimum absolute atomic E-state index is 0.0285. The predicted molar refractivity (Wildman–Crippen MR) is 96.4 cm³/mol. The molecule has 1 aromatic carbocycles. The fourth-order valence-electron chi connectivity index (χ4n) is 2.69. The molecule has 1 aliphatic rings. The minimum atomic E-state index is -3.87. The van der Waals surface area contributed by atoms with Gasteiger partial charge in [0.15, 0.2) is 0 Å². The van der Waals surface area contributed by atoms with Crippen molar-refractivity contribution < 1.29 is 23.1 Å². The number of nitrogens with one attached hydrogen (secondary N) is 2. The standard InChI is InChI=1S/C17H16N4O5S/c22-15(13-3-1-4-14(13)16(23)24)20-11-5-7-12(8-6-11)27(25,26)21-17-18-9-2-10-19-17/h2,5-10H,1,3-4H2,(H,20,22)(H,23,24)(H,18,19,21). The average molecular weight is 388 g/mol. The summed E-state index contributed by atoms with van der Waals surface area (Å²) in [5, 5.41) is 11.7. The first-order valence-corrected chi connectivity index (χ1v) is 9.52. The molecule has 9 nitrogen and oxygen atoms in total. The van der Waals surface area contributed by atoms with Gasteiger partial charge in [-0.3, -0.25) is 4.79 Å². The summed E-state index contributed by atoms with van der Waals surface area (Å²) in [6.07, 6.45) is 4.21. The van der Waals surface area contributed by atoms with Crippen molar-refractivity contribution in [2.45, 2.75) is 24.2 Å². The number of carbonyl (C=O) groups is 2. The summed E-state index contributed by atoms with van der Waals surface area (Å²) in [5.74, 6) is -1.63. The second kappa shape index (κ2) is 7.54. The van der Waals surface area contributed by atoms with Gasteiger partial charge in [-0.15, -0.1) is 0 Å². The highest BCUT2D eigenvalue weighted by Crippen LogP contribution is 2.27. The molecule has 2 aromatic rings. The number of carboxylic acids is 1. The number of rotatable bonds is 6. The number of aliphatic carboxylic acids is 1. The van der Waals surface area contributed by atoms with Gasteiger partial charge < -0.3 is 10.4 Å². The van der Waals surface area contributed by atoms with E-state index in [4.69, 9.17) is 5.11 Å². The van der Waals surface area contributed by atoms with Gasteiger partial charge >= 0.3 is 5.97 Å². The second-order valence-electron chi connectivity index (χ2n) is 5.77. The van der Waals surface area contributed by atoms with E-state index in [1.165, 1.54) is 36.7 Å². The van der Waals surface area contributed by atoms with E-state index >= 15 is 0 Å². The summed E-state index contributed by atoms with van der Waals surface area (Å²) < 4.78 is 26.9. The zero-order valence-corrected chi connectivity index (χ0v) is 14.9. The zero-order chi connectivity index (χ0) is 19.4. The van der Waals surface area contributed by atoms with Crippen molar-refractivity contribution in [1.82, 2.24) is 9.97 Å². The van der Waals surface area contributed by atoms with Crippen LogP contribution in [0.25, 0.3) is 0 Å². The Labute approximate surface area is 155 Å². The van der Waals surface area contributed by atoms with E-state index in [9.17, 15) is 18.0 Å². The van der Waals surface area contributed by atoms with E-state index in [1.807, 2.05) is 0 Å². The Hall–Kier alpha value is -3.27. The number of carboxylic acid groups (broad SMARTS) is 1. The van der Waals surface area contributed by atoms with Crippen molar-refractivity contribution in [3.05, 3.63) is 53.9 Å². The van der Waals surface area contributed by atoms with Gasteiger partial charge in [0.1, 0.15) is 0 Å². The molecule has 0 bridgehead atoms. The molecule has 3 N–H and O–H groups in total. The van der Waals surface area contributed by atoms with Crippen LogP contribution in [0.1, 0.15) is 19.3 Å². The topological polar surface area (TPSA) is 138 Å². The first-order chi connectivity index (χ1) is 12.9. The summed E-state index contributed by atoms with van der Waals surface area (Å²) in [6, 6.07) is 7.05. The second-order valence-corrected chi connectivity index (χ2v) is 7.45. The van der Waals surface area contributed by atoms with Gasteiger partial charge in [-0.05, 0) is 49.6 Å². The highest BCUT2D eigenvalue weighted by atomic mass is 32.2. The third-order valence-electron chi connectivity index (χ3n) is 3.96. The van der Waals surface area contributed by atoms with Gasteiger partial charge in [-0.25, -0.2) is 27.9 Å². The lowest BCUT2D eigenvalue weighted by molar-refractivity contribution is -0.133. The number of benzene rings is 1. The summed E-state index contributed by atoms with van der Waals surface area (Å²) in [4.78, 5) is 31.0. The van der Waals surface area contributed by atoms with Crippen molar-refractivity contribution in [1.29, 1.82) is 0 Å². The monoisotopic (exact) mass is 388 g/mol. The molecule has 0 aliphatic heterocycles. The maximum Gasteiger partial charge on any atom is 0.332 e. The molecule has 10 heteroatoms. The van der Waals surface area contributed by atoms with Gasteiger partial charge in [0.2, 0.25) is 5.95 Å². The van der Waals surface area contributed by atoms with E-state index in [-0.39, 0.29) is 22.0 Å². The number of sulfonamides is 1. The van der Waals surface area contributed by atoms with Crippen molar-refractivity contribution >= 4 is 33.5 Å². The highest BCUT2D eigenvalue weighted by molar-refractivity contribution is 7.92. The minimum Gasteiger partial charge on any atom is -0.478 e. The van der Waals surface area contributed by atoms with Crippen LogP contribution in [-0.4, -0.2) is 35.4 Å². The number of anilines is 2. The summed E-state index contributed by atoms with van der Waals surface area (Å²) in [5.41, 5.74) is 0.736. The number of carbonyl (C=O) groups excluding carboxylic acids is 1. The number of nitrogens with zero attached hydrogens (tertiary/aromatic N) is 2. The molecule has 0 radical (unpaired) electrons. The predicted octanol–water partition coefficient (Wildman–Crippen LogP) is 1.78. The van der Waals surface area contributed by atoms with Crippen LogP contribution < -0.4 is 10.0 Å². The maximum atomic E-state index is 12.3. The van der Waals surface area contributed by atoms with E-state index < -0.39 is 21.9 Å².